The van der Waals surface area contributed by atoms with E-state index in [1.165, 1.54) is 0 Å². The minimum Gasteiger partial charge on any atom is -0.446 e. The van der Waals surface area contributed by atoms with E-state index in [1.807, 2.05) is 50.4 Å². The zero-order chi connectivity index (χ0) is 24.2. The summed E-state index contributed by atoms with van der Waals surface area (Å²) in [6.07, 6.45) is 2.10. The van der Waals surface area contributed by atoms with E-state index in [-0.39, 0.29) is 17.6 Å². The molecule has 0 unspecified atom stereocenters. The molecule has 35 heavy (non-hydrogen) atoms. The van der Waals surface area contributed by atoms with Gasteiger partial charge < -0.3 is 14.5 Å². The standard InChI is InChI=1S/C25H28ClN7O2/c1-3-17(2)35-24(34)30-11-18-10-19(26)7-8-20(18)33-22(12-30)28-29-23(33)32-15-25(16-32)13-31(14-25)21-6-4-5-9-27-21/h4-10,17H,3,11-16H2,1-2H3/t17-/m0/s1. The Balaban J connectivity index is 1.24. The molecule has 5 heterocycles. The van der Waals surface area contributed by atoms with Gasteiger partial charge in [-0.05, 0) is 49.2 Å². The molecule has 0 aliphatic carbocycles. The van der Waals surface area contributed by atoms with Crippen molar-refractivity contribution in [3.63, 3.8) is 0 Å². The number of rotatable bonds is 4. The molecule has 1 spiro atoms. The quantitative estimate of drug-likeness (QED) is 0.545. The highest BCUT2D eigenvalue weighted by molar-refractivity contribution is 6.30. The van der Waals surface area contributed by atoms with Gasteiger partial charge in [-0.25, -0.2) is 9.78 Å². The number of ether oxygens (including phenoxy) is 1. The van der Waals surface area contributed by atoms with E-state index in [0.717, 1.165) is 55.6 Å². The first-order valence-corrected chi connectivity index (χ1v) is 12.4. The molecule has 9 nitrogen and oxygen atoms in total. The predicted molar refractivity (Wildman–Crippen MR) is 133 cm³/mol. The molecule has 1 atom stereocenters. The number of anilines is 2. The fraction of sp³-hybridized carbons (Fsp3) is 0.440. The van der Waals surface area contributed by atoms with Gasteiger partial charge in [-0.15, -0.1) is 10.2 Å². The van der Waals surface area contributed by atoms with Gasteiger partial charge in [0.05, 0.1) is 18.8 Å². The summed E-state index contributed by atoms with van der Waals surface area (Å²) >= 11 is 6.34. The first-order chi connectivity index (χ1) is 16.9. The minimum absolute atomic E-state index is 0.150. The molecule has 182 valence electrons. The lowest BCUT2D eigenvalue weighted by Gasteiger charge is -2.60. The number of fused-ring (bicyclic) bond motifs is 3. The summed E-state index contributed by atoms with van der Waals surface area (Å²) < 4.78 is 7.69. The van der Waals surface area contributed by atoms with Crippen molar-refractivity contribution in [3.8, 4) is 5.69 Å². The number of nitrogens with zero attached hydrogens (tertiary/aromatic N) is 7. The van der Waals surface area contributed by atoms with Crippen LogP contribution in [0.3, 0.4) is 0 Å². The van der Waals surface area contributed by atoms with Gasteiger partial charge in [0.25, 0.3) is 0 Å². The van der Waals surface area contributed by atoms with Gasteiger partial charge in [0.2, 0.25) is 5.95 Å². The van der Waals surface area contributed by atoms with E-state index in [4.69, 9.17) is 16.3 Å². The van der Waals surface area contributed by atoms with E-state index in [2.05, 4.69) is 35.6 Å². The van der Waals surface area contributed by atoms with Crippen LogP contribution in [0.25, 0.3) is 5.69 Å². The van der Waals surface area contributed by atoms with Crippen LogP contribution in [0.1, 0.15) is 31.7 Å². The van der Waals surface area contributed by atoms with E-state index in [1.54, 1.807) is 4.90 Å². The molecular formula is C25H28ClN7O2. The maximum absolute atomic E-state index is 12.9. The normalized spacial score (nSPS) is 18.8. The Labute approximate surface area is 209 Å². The highest BCUT2D eigenvalue weighted by Gasteiger charge is 2.53. The summed E-state index contributed by atoms with van der Waals surface area (Å²) in [5.41, 5.74) is 2.15. The van der Waals surface area contributed by atoms with Crippen molar-refractivity contribution in [1.82, 2.24) is 24.6 Å². The van der Waals surface area contributed by atoms with Gasteiger partial charge >= 0.3 is 6.09 Å². The van der Waals surface area contributed by atoms with Crippen LogP contribution in [0.15, 0.2) is 42.6 Å². The highest BCUT2D eigenvalue weighted by atomic mass is 35.5. The number of amides is 1. The molecule has 0 radical (unpaired) electrons. The van der Waals surface area contributed by atoms with E-state index < -0.39 is 0 Å². The van der Waals surface area contributed by atoms with E-state index in [9.17, 15) is 4.79 Å². The van der Waals surface area contributed by atoms with Gasteiger partial charge in [0.1, 0.15) is 11.9 Å². The van der Waals surface area contributed by atoms with Crippen LogP contribution < -0.4 is 9.80 Å². The fourth-order valence-corrected chi connectivity index (χ4v) is 5.42. The van der Waals surface area contributed by atoms with E-state index in [0.29, 0.717) is 23.9 Å². The first kappa shape index (κ1) is 22.2. The molecule has 1 amide bonds. The second-order valence-corrected chi connectivity index (χ2v) is 10.3. The fourth-order valence-electron chi connectivity index (χ4n) is 5.22. The Kier molecular flexibility index (Phi) is 5.32. The Morgan fingerprint density at radius 3 is 2.66 bits per heavy atom. The van der Waals surface area contributed by atoms with Crippen molar-refractivity contribution in [2.75, 3.05) is 36.0 Å². The molecule has 3 aromatic rings. The lowest BCUT2D eigenvalue weighted by Crippen LogP contribution is -2.73. The summed E-state index contributed by atoms with van der Waals surface area (Å²) in [6, 6.07) is 11.8. The second kappa shape index (κ2) is 8.41. The lowest BCUT2D eigenvalue weighted by atomic mass is 9.73. The molecule has 2 aromatic heterocycles. The number of aromatic nitrogens is 4. The van der Waals surface area contributed by atoms with Crippen LogP contribution >= 0.6 is 11.6 Å². The average Bonchev–Trinajstić information content (AvgIpc) is 3.12. The minimum atomic E-state index is -0.352. The van der Waals surface area contributed by atoms with Crippen molar-refractivity contribution < 1.29 is 9.53 Å². The number of pyridine rings is 1. The smallest absolute Gasteiger partial charge is 0.410 e. The third-order valence-corrected chi connectivity index (χ3v) is 7.42. The monoisotopic (exact) mass is 493 g/mol. The second-order valence-electron chi connectivity index (χ2n) is 9.88. The van der Waals surface area contributed by atoms with Crippen molar-refractivity contribution in [2.24, 2.45) is 5.41 Å². The van der Waals surface area contributed by atoms with Gasteiger partial charge in [-0.3, -0.25) is 9.47 Å². The number of carbonyl (C=O) groups is 1. The average molecular weight is 494 g/mol. The molecule has 6 rings (SSSR count). The van der Waals surface area contributed by atoms with Gasteiger partial charge in [-0.2, -0.15) is 0 Å². The molecule has 0 saturated carbocycles. The predicted octanol–water partition coefficient (Wildman–Crippen LogP) is 3.89. The maximum atomic E-state index is 12.9. The summed E-state index contributed by atoms with van der Waals surface area (Å²) in [6.45, 7) is 8.42. The molecule has 0 N–H and O–H groups in total. The van der Waals surface area contributed by atoms with Crippen LogP contribution in [0, 0.1) is 5.41 Å². The van der Waals surface area contributed by atoms with Crippen LogP contribution in [0.2, 0.25) is 5.02 Å². The Morgan fingerprint density at radius 2 is 1.91 bits per heavy atom. The number of hydrogen-bond donors (Lipinski definition) is 0. The zero-order valence-electron chi connectivity index (χ0n) is 19.9. The first-order valence-electron chi connectivity index (χ1n) is 12.0. The summed E-state index contributed by atoms with van der Waals surface area (Å²) in [5.74, 6) is 2.55. The van der Waals surface area contributed by atoms with Gasteiger partial charge in [0.15, 0.2) is 5.82 Å². The SMILES string of the molecule is CC[C@H](C)OC(=O)N1Cc2cc(Cl)ccc2-n2c(nnc2N2CC3(CN(c4ccccn4)C3)C2)C1. The highest BCUT2D eigenvalue weighted by Crippen LogP contribution is 2.44. The Bertz CT molecular complexity index is 1250. The molecule has 1 aromatic carbocycles. The molecule has 3 aliphatic rings. The van der Waals surface area contributed by atoms with Crippen LogP contribution in [-0.4, -0.2) is 63.0 Å². The van der Waals surface area contributed by atoms with Crippen molar-refractivity contribution in [2.45, 2.75) is 39.5 Å². The molecule has 3 aliphatic heterocycles. The summed E-state index contributed by atoms with van der Waals surface area (Å²) in [7, 11) is 0. The van der Waals surface area contributed by atoms with Crippen molar-refractivity contribution in [3.05, 3.63) is 59.0 Å². The number of hydrogen-bond acceptors (Lipinski definition) is 7. The van der Waals surface area contributed by atoms with Gasteiger partial charge in [0, 0.05) is 42.8 Å². The van der Waals surface area contributed by atoms with Crippen LogP contribution in [0.5, 0.6) is 0 Å². The molecule has 2 fully saturated rings. The molecular weight excluding hydrogens is 466 g/mol. The summed E-state index contributed by atoms with van der Waals surface area (Å²) in [4.78, 5) is 23.6. The van der Waals surface area contributed by atoms with E-state index >= 15 is 0 Å². The van der Waals surface area contributed by atoms with Crippen molar-refractivity contribution in [1.29, 1.82) is 0 Å². The Morgan fingerprint density at radius 1 is 1.11 bits per heavy atom. The number of halogens is 1. The summed E-state index contributed by atoms with van der Waals surface area (Å²) in [5, 5.41) is 9.68. The third-order valence-electron chi connectivity index (χ3n) is 7.19. The lowest BCUT2D eigenvalue weighted by molar-refractivity contribution is 0.0637. The maximum Gasteiger partial charge on any atom is 0.410 e. The number of carbonyl (C=O) groups excluding carboxylic acids is 1. The Hall–Kier alpha value is -3.33. The van der Waals surface area contributed by atoms with Crippen molar-refractivity contribution >= 4 is 29.5 Å². The topological polar surface area (TPSA) is 79.6 Å². The molecule has 2 saturated heterocycles. The van der Waals surface area contributed by atoms with Crippen LogP contribution in [0.4, 0.5) is 16.6 Å². The van der Waals surface area contributed by atoms with Gasteiger partial charge in [-0.1, -0.05) is 24.6 Å². The largest absolute Gasteiger partial charge is 0.446 e. The third kappa shape index (κ3) is 3.87. The molecule has 10 heteroatoms. The molecule has 0 bridgehead atoms. The zero-order valence-corrected chi connectivity index (χ0v) is 20.6. The number of benzene rings is 1. The van der Waals surface area contributed by atoms with Crippen LogP contribution in [-0.2, 0) is 17.8 Å².